The molecule has 3 rings (SSSR count). The number of rotatable bonds is 4. The standard InChI is InChI=1S/C20H23FN2O2/c1-22-13-11-17(12-14-22)23(18-5-3-4-6-19(18)25-2)20(24)15-7-9-16(21)10-8-15/h3-10,17H,11-14H2,1-2H3. The molecule has 0 unspecified atom stereocenters. The molecule has 2 aromatic rings. The van der Waals surface area contributed by atoms with Gasteiger partial charge in [-0.25, -0.2) is 4.39 Å². The summed E-state index contributed by atoms with van der Waals surface area (Å²) < 4.78 is 18.7. The van der Waals surface area contributed by atoms with Gasteiger partial charge < -0.3 is 14.5 Å². The summed E-state index contributed by atoms with van der Waals surface area (Å²) in [7, 11) is 3.69. The Kier molecular flexibility index (Phi) is 5.34. The van der Waals surface area contributed by atoms with Gasteiger partial charge in [0.15, 0.2) is 0 Å². The number of amides is 1. The average Bonchev–Trinajstić information content (AvgIpc) is 2.64. The Balaban J connectivity index is 1.99. The van der Waals surface area contributed by atoms with Crippen molar-refractivity contribution >= 4 is 11.6 Å². The molecule has 1 amide bonds. The maximum Gasteiger partial charge on any atom is 0.258 e. The lowest BCUT2D eigenvalue weighted by Crippen LogP contribution is -2.47. The molecule has 0 spiro atoms. The molecule has 1 aliphatic heterocycles. The number of methoxy groups -OCH3 is 1. The highest BCUT2D eigenvalue weighted by atomic mass is 19.1. The monoisotopic (exact) mass is 342 g/mol. The SMILES string of the molecule is COc1ccccc1N(C(=O)c1ccc(F)cc1)C1CCN(C)CC1. The Bertz CT molecular complexity index is 725. The molecule has 0 radical (unpaired) electrons. The van der Waals surface area contributed by atoms with Crippen molar-refractivity contribution in [3.05, 3.63) is 59.9 Å². The van der Waals surface area contributed by atoms with Crippen molar-refractivity contribution in [3.8, 4) is 5.75 Å². The molecule has 25 heavy (non-hydrogen) atoms. The average molecular weight is 342 g/mol. The van der Waals surface area contributed by atoms with Gasteiger partial charge >= 0.3 is 0 Å². The number of para-hydroxylation sites is 2. The summed E-state index contributed by atoms with van der Waals surface area (Å²) in [5.74, 6) is 0.190. The van der Waals surface area contributed by atoms with Crippen molar-refractivity contribution in [2.45, 2.75) is 18.9 Å². The second-order valence-corrected chi connectivity index (χ2v) is 6.39. The number of halogens is 1. The number of hydrogen-bond donors (Lipinski definition) is 0. The molecule has 0 atom stereocenters. The molecule has 132 valence electrons. The molecule has 0 aliphatic carbocycles. The van der Waals surface area contributed by atoms with Gasteiger partial charge in [-0.05, 0) is 69.4 Å². The first-order valence-corrected chi connectivity index (χ1v) is 8.51. The highest BCUT2D eigenvalue weighted by molar-refractivity contribution is 6.07. The van der Waals surface area contributed by atoms with Crippen LogP contribution in [0.25, 0.3) is 0 Å². The van der Waals surface area contributed by atoms with Crippen LogP contribution in [0, 0.1) is 5.82 Å². The van der Waals surface area contributed by atoms with E-state index in [-0.39, 0.29) is 17.8 Å². The first-order valence-electron chi connectivity index (χ1n) is 8.51. The van der Waals surface area contributed by atoms with Crippen molar-refractivity contribution in [2.75, 3.05) is 32.1 Å². The molecule has 0 bridgehead atoms. The van der Waals surface area contributed by atoms with Crippen LogP contribution in [0.4, 0.5) is 10.1 Å². The van der Waals surface area contributed by atoms with Crippen LogP contribution in [-0.2, 0) is 0 Å². The van der Waals surface area contributed by atoms with Crippen molar-refractivity contribution in [1.29, 1.82) is 0 Å². The van der Waals surface area contributed by atoms with Crippen LogP contribution in [0.1, 0.15) is 23.2 Å². The van der Waals surface area contributed by atoms with Crippen LogP contribution in [0.2, 0.25) is 0 Å². The molecule has 0 N–H and O–H groups in total. The third kappa shape index (κ3) is 3.82. The molecule has 1 saturated heterocycles. The normalized spacial score (nSPS) is 15.8. The minimum Gasteiger partial charge on any atom is -0.495 e. The highest BCUT2D eigenvalue weighted by Crippen LogP contribution is 2.33. The molecule has 1 heterocycles. The number of likely N-dealkylation sites (tertiary alicyclic amines) is 1. The van der Waals surface area contributed by atoms with Crippen molar-refractivity contribution in [2.24, 2.45) is 0 Å². The summed E-state index contributed by atoms with van der Waals surface area (Å²) in [5.41, 5.74) is 1.24. The van der Waals surface area contributed by atoms with E-state index in [1.54, 1.807) is 7.11 Å². The summed E-state index contributed by atoms with van der Waals surface area (Å²) in [5, 5.41) is 0. The summed E-state index contributed by atoms with van der Waals surface area (Å²) in [6, 6.07) is 13.3. The van der Waals surface area contributed by atoms with Gasteiger partial charge in [0, 0.05) is 11.6 Å². The van der Waals surface area contributed by atoms with E-state index in [1.165, 1.54) is 24.3 Å². The zero-order chi connectivity index (χ0) is 17.8. The summed E-state index contributed by atoms with van der Waals surface area (Å²) >= 11 is 0. The van der Waals surface area contributed by atoms with Gasteiger partial charge in [-0.2, -0.15) is 0 Å². The van der Waals surface area contributed by atoms with Gasteiger partial charge in [0.2, 0.25) is 0 Å². The zero-order valence-corrected chi connectivity index (χ0v) is 14.6. The molecule has 0 aromatic heterocycles. The summed E-state index contributed by atoms with van der Waals surface area (Å²) in [4.78, 5) is 17.3. The number of ether oxygens (including phenoxy) is 1. The fourth-order valence-electron chi connectivity index (χ4n) is 3.29. The number of nitrogens with zero attached hydrogens (tertiary/aromatic N) is 2. The van der Waals surface area contributed by atoms with Crippen LogP contribution >= 0.6 is 0 Å². The molecular formula is C20H23FN2O2. The van der Waals surface area contributed by atoms with Crippen LogP contribution in [-0.4, -0.2) is 44.1 Å². The third-order valence-electron chi connectivity index (χ3n) is 4.71. The highest BCUT2D eigenvalue weighted by Gasteiger charge is 2.30. The third-order valence-corrected chi connectivity index (χ3v) is 4.71. The lowest BCUT2D eigenvalue weighted by Gasteiger charge is -2.38. The first kappa shape index (κ1) is 17.4. The Morgan fingerprint density at radius 1 is 1.12 bits per heavy atom. The maximum absolute atomic E-state index is 13.2. The quantitative estimate of drug-likeness (QED) is 0.851. The lowest BCUT2D eigenvalue weighted by atomic mass is 10.0. The Morgan fingerprint density at radius 2 is 1.76 bits per heavy atom. The summed E-state index contributed by atoms with van der Waals surface area (Å²) in [6.45, 7) is 1.88. The number of anilines is 1. The van der Waals surface area contributed by atoms with Gasteiger partial charge in [0.1, 0.15) is 11.6 Å². The molecular weight excluding hydrogens is 319 g/mol. The van der Waals surface area contributed by atoms with Crippen molar-refractivity contribution in [3.63, 3.8) is 0 Å². The number of hydrogen-bond acceptors (Lipinski definition) is 3. The molecule has 1 aliphatic rings. The zero-order valence-electron chi connectivity index (χ0n) is 14.6. The van der Waals surface area contributed by atoms with Gasteiger partial charge in [0.05, 0.1) is 12.8 Å². The number of carbonyl (C=O) groups is 1. The maximum atomic E-state index is 13.2. The minimum atomic E-state index is -0.348. The summed E-state index contributed by atoms with van der Waals surface area (Å²) in [6.07, 6.45) is 1.78. The lowest BCUT2D eigenvalue weighted by molar-refractivity contribution is 0.0963. The van der Waals surface area contributed by atoms with Crippen LogP contribution in [0.5, 0.6) is 5.75 Å². The van der Waals surface area contributed by atoms with E-state index in [9.17, 15) is 9.18 Å². The number of carbonyl (C=O) groups excluding carboxylic acids is 1. The van der Waals surface area contributed by atoms with Gasteiger partial charge in [-0.1, -0.05) is 12.1 Å². The van der Waals surface area contributed by atoms with Gasteiger partial charge in [-0.3, -0.25) is 4.79 Å². The van der Waals surface area contributed by atoms with E-state index in [2.05, 4.69) is 11.9 Å². The van der Waals surface area contributed by atoms with Crippen LogP contribution < -0.4 is 9.64 Å². The Morgan fingerprint density at radius 3 is 2.40 bits per heavy atom. The van der Waals surface area contributed by atoms with Crippen LogP contribution in [0.15, 0.2) is 48.5 Å². The van der Waals surface area contributed by atoms with E-state index in [0.29, 0.717) is 11.3 Å². The van der Waals surface area contributed by atoms with E-state index in [4.69, 9.17) is 4.74 Å². The predicted octanol–water partition coefficient (Wildman–Crippen LogP) is 3.58. The Labute approximate surface area is 147 Å². The van der Waals surface area contributed by atoms with Crippen molar-refractivity contribution < 1.29 is 13.9 Å². The van der Waals surface area contributed by atoms with Crippen molar-refractivity contribution in [1.82, 2.24) is 4.90 Å². The van der Waals surface area contributed by atoms with E-state index in [1.807, 2.05) is 29.2 Å². The topological polar surface area (TPSA) is 32.8 Å². The van der Waals surface area contributed by atoms with E-state index in [0.717, 1.165) is 31.6 Å². The van der Waals surface area contributed by atoms with E-state index < -0.39 is 0 Å². The second-order valence-electron chi connectivity index (χ2n) is 6.39. The van der Waals surface area contributed by atoms with Crippen LogP contribution in [0.3, 0.4) is 0 Å². The smallest absolute Gasteiger partial charge is 0.258 e. The molecule has 5 heteroatoms. The fourth-order valence-corrected chi connectivity index (χ4v) is 3.29. The van der Waals surface area contributed by atoms with Gasteiger partial charge in [-0.15, -0.1) is 0 Å². The van der Waals surface area contributed by atoms with Gasteiger partial charge in [0.25, 0.3) is 5.91 Å². The first-order chi connectivity index (χ1) is 12.1. The largest absolute Gasteiger partial charge is 0.495 e. The van der Waals surface area contributed by atoms with E-state index >= 15 is 0 Å². The molecule has 4 nitrogen and oxygen atoms in total. The second kappa shape index (κ2) is 7.66. The fraction of sp³-hybridized carbons (Fsp3) is 0.350. The predicted molar refractivity (Wildman–Crippen MR) is 96.7 cm³/mol. The number of piperidine rings is 1. The number of benzene rings is 2. The molecule has 1 fully saturated rings. The minimum absolute atomic E-state index is 0.0880. The molecule has 2 aromatic carbocycles. The Hall–Kier alpha value is -2.40. The molecule has 0 saturated carbocycles.